The van der Waals surface area contributed by atoms with Crippen LogP contribution in [0.5, 0.6) is 23.0 Å². The second-order valence-corrected chi connectivity index (χ2v) is 5.43. The number of methoxy groups -OCH3 is 1. The van der Waals surface area contributed by atoms with E-state index in [1.54, 1.807) is 38.3 Å². The lowest BCUT2D eigenvalue weighted by molar-refractivity contribution is 0.0671. The summed E-state index contributed by atoms with van der Waals surface area (Å²) in [4.78, 5) is 11.3. The zero-order valence-corrected chi connectivity index (χ0v) is 14.7. The number of aromatic hydroxyl groups is 1. The SMILES string of the molecule is COc1ccc(OCCOCCOc2cc(O)cc(C)c2C(=O)O)cc1. The number of hydrogen-bond donors (Lipinski definition) is 2. The molecule has 0 aliphatic rings. The van der Waals surface area contributed by atoms with Crippen LogP contribution in [0, 0.1) is 6.92 Å². The van der Waals surface area contributed by atoms with E-state index in [-0.39, 0.29) is 30.3 Å². The van der Waals surface area contributed by atoms with Crippen LogP contribution < -0.4 is 14.2 Å². The van der Waals surface area contributed by atoms with E-state index >= 15 is 0 Å². The summed E-state index contributed by atoms with van der Waals surface area (Å²) in [5.41, 5.74) is 0.465. The normalized spacial score (nSPS) is 10.4. The number of aryl methyl sites for hydroxylation is 1. The van der Waals surface area contributed by atoms with Crippen molar-refractivity contribution < 1.29 is 34.0 Å². The fraction of sp³-hybridized carbons (Fsp3) is 0.316. The maximum atomic E-state index is 11.3. The Labute approximate surface area is 151 Å². The summed E-state index contributed by atoms with van der Waals surface area (Å²) in [6.07, 6.45) is 0. The number of carboxylic acids is 1. The summed E-state index contributed by atoms with van der Waals surface area (Å²) in [6, 6.07) is 9.88. The van der Waals surface area contributed by atoms with Crippen molar-refractivity contribution in [2.75, 3.05) is 33.5 Å². The molecule has 26 heavy (non-hydrogen) atoms. The van der Waals surface area contributed by atoms with Crippen molar-refractivity contribution in [1.82, 2.24) is 0 Å². The maximum absolute atomic E-state index is 11.3. The minimum absolute atomic E-state index is 0.0330. The number of benzene rings is 2. The lowest BCUT2D eigenvalue weighted by Gasteiger charge is -2.12. The number of aromatic carboxylic acids is 1. The van der Waals surface area contributed by atoms with Gasteiger partial charge in [0.15, 0.2) is 0 Å². The average Bonchev–Trinajstić information content (AvgIpc) is 2.60. The van der Waals surface area contributed by atoms with Gasteiger partial charge < -0.3 is 29.2 Å². The molecule has 0 aliphatic carbocycles. The Balaban J connectivity index is 1.70. The molecule has 0 radical (unpaired) electrons. The standard InChI is InChI=1S/C19H22O7/c1-13-11-14(20)12-17(18(13)19(21)22)26-10-8-24-7-9-25-16-5-3-15(23-2)4-6-16/h3-6,11-12,20H,7-10H2,1-2H3,(H,21,22). The number of carboxylic acid groups (broad SMARTS) is 1. The van der Waals surface area contributed by atoms with Gasteiger partial charge in [-0.15, -0.1) is 0 Å². The molecule has 7 nitrogen and oxygen atoms in total. The van der Waals surface area contributed by atoms with Crippen LogP contribution in [-0.2, 0) is 4.74 Å². The zero-order chi connectivity index (χ0) is 18.9. The summed E-state index contributed by atoms with van der Waals surface area (Å²) in [5.74, 6) is 0.441. The van der Waals surface area contributed by atoms with E-state index in [0.717, 1.165) is 5.75 Å². The van der Waals surface area contributed by atoms with E-state index in [1.807, 2.05) is 0 Å². The monoisotopic (exact) mass is 362 g/mol. The Morgan fingerprint density at radius 1 is 0.962 bits per heavy atom. The van der Waals surface area contributed by atoms with Gasteiger partial charge in [-0.3, -0.25) is 0 Å². The number of rotatable bonds is 10. The molecular weight excluding hydrogens is 340 g/mol. The second kappa shape index (κ2) is 9.53. The molecule has 0 aliphatic heterocycles. The molecule has 0 aromatic heterocycles. The number of carbonyl (C=O) groups is 1. The van der Waals surface area contributed by atoms with Crippen molar-refractivity contribution >= 4 is 5.97 Å². The van der Waals surface area contributed by atoms with Gasteiger partial charge in [-0.2, -0.15) is 0 Å². The largest absolute Gasteiger partial charge is 0.508 e. The minimum Gasteiger partial charge on any atom is -0.508 e. The van der Waals surface area contributed by atoms with Crippen molar-refractivity contribution in [3.8, 4) is 23.0 Å². The molecule has 2 N–H and O–H groups in total. The van der Waals surface area contributed by atoms with Gasteiger partial charge in [-0.1, -0.05) is 0 Å². The van der Waals surface area contributed by atoms with Crippen LogP contribution in [0.25, 0.3) is 0 Å². The van der Waals surface area contributed by atoms with Gasteiger partial charge in [0, 0.05) is 6.07 Å². The van der Waals surface area contributed by atoms with Crippen LogP contribution in [0.2, 0.25) is 0 Å². The van der Waals surface area contributed by atoms with E-state index in [4.69, 9.17) is 18.9 Å². The fourth-order valence-electron chi connectivity index (χ4n) is 2.33. The highest BCUT2D eigenvalue weighted by molar-refractivity contribution is 5.92. The van der Waals surface area contributed by atoms with Crippen LogP contribution in [-0.4, -0.2) is 49.7 Å². The maximum Gasteiger partial charge on any atom is 0.339 e. The third-order valence-electron chi connectivity index (χ3n) is 3.54. The first-order chi connectivity index (χ1) is 12.5. The van der Waals surface area contributed by atoms with Gasteiger partial charge in [0.2, 0.25) is 0 Å². The van der Waals surface area contributed by atoms with E-state index in [2.05, 4.69) is 0 Å². The molecule has 2 aromatic carbocycles. The molecule has 0 fully saturated rings. The first-order valence-electron chi connectivity index (χ1n) is 8.05. The van der Waals surface area contributed by atoms with Crippen LogP contribution >= 0.6 is 0 Å². The van der Waals surface area contributed by atoms with E-state index in [0.29, 0.717) is 24.5 Å². The third-order valence-corrected chi connectivity index (χ3v) is 3.54. The van der Waals surface area contributed by atoms with Gasteiger partial charge in [0.25, 0.3) is 0 Å². The lowest BCUT2D eigenvalue weighted by Crippen LogP contribution is -2.13. The van der Waals surface area contributed by atoms with Gasteiger partial charge in [0.05, 0.1) is 20.3 Å². The molecule has 0 atom stereocenters. The summed E-state index contributed by atoms with van der Waals surface area (Å²) in [7, 11) is 1.60. The Hall–Kier alpha value is -2.93. The van der Waals surface area contributed by atoms with Crippen molar-refractivity contribution in [1.29, 1.82) is 0 Å². The molecule has 2 rings (SSSR count). The van der Waals surface area contributed by atoms with E-state index < -0.39 is 5.97 Å². The Bertz CT molecular complexity index is 725. The Kier molecular flexibility index (Phi) is 7.11. The molecule has 7 heteroatoms. The van der Waals surface area contributed by atoms with Crippen molar-refractivity contribution in [3.05, 3.63) is 47.5 Å². The Morgan fingerprint density at radius 3 is 2.19 bits per heavy atom. The first-order valence-corrected chi connectivity index (χ1v) is 8.05. The molecule has 0 unspecified atom stereocenters. The minimum atomic E-state index is -1.11. The smallest absolute Gasteiger partial charge is 0.339 e. The van der Waals surface area contributed by atoms with E-state index in [9.17, 15) is 15.0 Å². The van der Waals surface area contributed by atoms with E-state index in [1.165, 1.54) is 12.1 Å². The van der Waals surface area contributed by atoms with Gasteiger partial charge in [-0.25, -0.2) is 4.79 Å². The number of phenolic OH excluding ortho intramolecular Hbond substituents is 1. The molecule has 0 saturated carbocycles. The van der Waals surface area contributed by atoms with Crippen LogP contribution in [0.15, 0.2) is 36.4 Å². The van der Waals surface area contributed by atoms with Crippen molar-refractivity contribution in [3.63, 3.8) is 0 Å². The predicted molar refractivity (Wildman–Crippen MR) is 94.6 cm³/mol. The molecule has 0 spiro atoms. The molecular formula is C19H22O7. The lowest BCUT2D eigenvalue weighted by atomic mass is 10.1. The molecule has 0 heterocycles. The summed E-state index contributed by atoms with van der Waals surface area (Å²) in [5, 5.41) is 18.8. The van der Waals surface area contributed by atoms with Gasteiger partial charge in [0.1, 0.15) is 41.8 Å². The molecule has 0 saturated heterocycles. The third kappa shape index (κ3) is 5.56. The zero-order valence-electron chi connectivity index (χ0n) is 14.7. The van der Waals surface area contributed by atoms with Gasteiger partial charge in [-0.05, 0) is 42.8 Å². The summed E-state index contributed by atoms with van der Waals surface area (Å²) >= 11 is 0. The summed E-state index contributed by atoms with van der Waals surface area (Å²) < 4.78 is 21.4. The first kappa shape index (κ1) is 19.4. The van der Waals surface area contributed by atoms with Crippen LogP contribution in [0.1, 0.15) is 15.9 Å². The summed E-state index contributed by atoms with van der Waals surface area (Å²) in [6.45, 7) is 2.76. The predicted octanol–water partition coefficient (Wildman–Crippen LogP) is 2.88. The quantitative estimate of drug-likeness (QED) is 0.628. The highest BCUT2D eigenvalue weighted by Crippen LogP contribution is 2.28. The number of hydrogen-bond acceptors (Lipinski definition) is 6. The highest BCUT2D eigenvalue weighted by Gasteiger charge is 2.16. The Morgan fingerprint density at radius 2 is 1.58 bits per heavy atom. The molecule has 0 amide bonds. The van der Waals surface area contributed by atoms with Crippen molar-refractivity contribution in [2.24, 2.45) is 0 Å². The van der Waals surface area contributed by atoms with Crippen molar-refractivity contribution in [2.45, 2.75) is 6.92 Å². The average molecular weight is 362 g/mol. The van der Waals surface area contributed by atoms with Crippen LogP contribution in [0.4, 0.5) is 0 Å². The van der Waals surface area contributed by atoms with Gasteiger partial charge >= 0.3 is 5.97 Å². The number of phenols is 1. The topological polar surface area (TPSA) is 94.5 Å². The highest BCUT2D eigenvalue weighted by atomic mass is 16.5. The molecule has 2 aromatic rings. The molecule has 140 valence electrons. The fourth-order valence-corrected chi connectivity index (χ4v) is 2.33. The molecule has 0 bridgehead atoms. The number of ether oxygens (including phenoxy) is 4. The second-order valence-electron chi connectivity index (χ2n) is 5.43. The van der Waals surface area contributed by atoms with Crippen LogP contribution in [0.3, 0.4) is 0 Å².